The van der Waals surface area contributed by atoms with E-state index in [1.54, 1.807) is 18.3 Å². The molecule has 0 radical (unpaired) electrons. The summed E-state index contributed by atoms with van der Waals surface area (Å²) in [6.07, 6.45) is 4.38. The smallest absolute Gasteiger partial charge is 0.274 e. The topological polar surface area (TPSA) is 105 Å². The van der Waals surface area contributed by atoms with Crippen molar-refractivity contribution in [3.05, 3.63) is 74.7 Å². The quantitative estimate of drug-likeness (QED) is 0.505. The number of nitrogens with one attached hydrogen (secondary N) is 1. The van der Waals surface area contributed by atoms with E-state index in [1.807, 2.05) is 36.1 Å². The van der Waals surface area contributed by atoms with Crippen molar-refractivity contribution < 1.29 is 4.79 Å². The standard InChI is InChI=1S/C24H26N6O3/c1-2-18-12-23(32)30-21(26-18)13-20(27-30)17-7-5-10-28(15-17)22(31)9-11-29-24(33)19-8-4-3-6-16(19)14-25-29/h3-4,6,8,12-14,17,27H,2,5,7,9-11,15H2,1H3. The Labute approximate surface area is 189 Å². The zero-order valence-electron chi connectivity index (χ0n) is 18.5. The van der Waals surface area contributed by atoms with E-state index in [4.69, 9.17) is 0 Å². The summed E-state index contributed by atoms with van der Waals surface area (Å²) in [5, 5.41) is 8.79. The molecular weight excluding hydrogens is 420 g/mol. The van der Waals surface area contributed by atoms with Crippen LogP contribution in [0.3, 0.4) is 0 Å². The predicted molar refractivity (Wildman–Crippen MR) is 124 cm³/mol. The molecule has 1 N–H and O–H groups in total. The van der Waals surface area contributed by atoms with Gasteiger partial charge in [0, 0.05) is 54.3 Å². The number of carbonyl (C=O) groups excluding carboxylic acids is 1. The van der Waals surface area contributed by atoms with Crippen LogP contribution < -0.4 is 11.1 Å². The van der Waals surface area contributed by atoms with Gasteiger partial charge in [-0.1, -0.05) is 25.1 Å². The van der Waals surface area contributed by atoms with Crippen molar-refractivity contribution in [3.8, 4) is 0 Å². The summed E-state index contributed by atoms with van der Waals surface area (Å²) in [5.41, 5.74) is 1.99. The molecule has 170 valence electrons. The SMILES string of the molecule is CCc1cc(=O)n2[nH]c(C3CCCN(C(=O)CCn4ncc5ccccc5c4=O)C3)cc2n1. The molecule has 1 aliphatic rings. The van der Waals surface area contributed by atoms with Gasteiger partial charge < -0.3 is 4.90 Å². The van der Waals surface area contributed by atoms with Crippen LogP contribution in [-0.4, -0.2) is 48.3 Å². The van der Waals surface area contributed by atoms with E-state index in [-0.39, 0.29) is 35.9 Å². The number of benzene rings is 1. The average molecular weight is 447 g/mol. The molecule has 5 rings (SSSR count). The maximum atomic E-state index is 12.9. The zero-order chi connectivity index (χ0) is 22.9. The minimum absolute atomic E-state index is 0.00114. The Bertz CT molecular complexity index is 1450. The molecule has 1 unspecified atom stereocenters. The number of amides is 1. The van der Waals surface area contributed by atoms with Crippen LogP contribution in [0.25, 0.3) is 16.4 Å². The first-order valence-electron chi connectivity index (χ1n) is 11.4. The lowest BCUT2D eigenvalue weighted by molar-refractivity contribution is -0.132. The van der Waals surface area contributed by atoms with E-state index in [9.17, 15) is 14.4 Å². The molecule has 1 atom stereocenters. The fourth-order valence-corrected chi connectivity index (χ4v) is 4.55. The highest BCUT2D eigenvalue weighted by Gasteiger charge is 2.26. The number of aromatic amines is 1. The Kier molecular flexibility index (Phi) is 5.53. The molecule has 0 aliphatic carbocycles. The van der Waals surface area contributed by atoms with Crippen molar-refractivity contribution in [2.45, 2.75) is 45.1 Å². The van der Waals surface area contributed by atoms with Gasteiger partial charge in [-0.05, 0) is 25.3 Å². The molecule has 4 aromatic rings. The van der Waals surface area contributed by atoms with Crippen LogP contribution in [0.5, 0.6) is 0 Å². The number of nitrogens with zero attached hydrogens (tertiary/aromatic N) is 5. The number of H-pyrrole nitrogens is 1. The van der Waals surface area contributed by atoms with Crippen molar-refractivity contribution in [1.29, 1.82) is 0 Å². The zero-order valence-corrected chi connectivity index (χ0v) is 18.5. The van der Waals surface area contributed by atoms with Gasteiger partial charge in [0.25, 0.3) is 11.1 Å². The van der Waals surface area contributed by atoms with Gasteiger partial charge in [-0.3, -0.25) is 19.5 Å². The summed E-state index contributed by atoms with van der Waals surface area (Å²) in [5.74, 6) is 0.108. The number of aryl methyl sites for hydroxylation is 2. The summed E-state index contributed by atoms with van der Waals surface area (Å²) in [7, 11) is 0. The van der Waals surface area contributed by atoms with Crippen LogP contribution in [0.4, 0.5) is 0 Å². The highest BCUT2D eigenvalue weighted by atomic mass is 16.2. The number of fused-ring (bicyclic) bond motifs is 2. The van der Waals surface area contributed by atoms with Crippen LogP contribution >= 0.6 is 0 Å². The molecule has 1 aromatic carbocycles. The van der Waals surface area contributed by atoms with Gasteiger partial charge in [0.15, 0.2) is 5.65 Å². The Morgan fingerprint density at radius 1 is 1.21 bits per heavy atom. The first kappa shape index (κ1) is 21.1. The van der Waals surface area contributed by atoms with Crippen molar-refractivity contribution in [2.24, 2.45) is 0 Å². The van der Waals surface area contributed by atoms with Crippen LogP contribution in [0.2, 0.25) is 0 Å². The molecule has 9 heteroatoms. The molecule has 3 aromatic heterocycles. The van der Waals surface area contributed by atoms with Crippen LogP contribution in [0.1, 0.15) is 43.5 Å². The number of rotatable bonds is 5. The first-order chi connectivity index (χ1) is 16.0. The lowest BCUT2D eigenvalue weighted by Gasteiger charge is -2.32. The number of hydrogen-bond acceptors (Lipinski definition) is 5. The second-order valence-electron chi connectivity index (χ2n) is 8.53. The van der Waals surface area contributed by atoms with Gasteiger partial charge in [0.2, 0.25) is 5.91 Å². The molecule has 1 fully saturated rings. The average Bonchev–Trinajstić information content (AvgIpc) is 3.28. The summed E-state index contributed by atoms with van der Waals surface area (Å²) >= 11 is 0. The number of aromatic nitrogens is 5. The van der Waals surface area contributed by atoms with Crippen molar-refractivity contribution in [1.82, 2.24) is 29.3 Å². The van der Waals surface area contributed by atoms with Gasteiger partial charge in [-0.2, -0.15) is 5.10 Å². The van der Waals surface area contributed by atoms with Crippen LogP contribution in [-0.2, 0) is 17.8 Å². The van der Waals surface area contributed by atoms with E-state index in [0.717, 1.165) is 29.6 Å². The van der Waals surface area contributed by atoms with E-state index in [0.29, 0.717) is 30.5 Å². The van der Waals surface area contributed by atoms with Crippen molar-refractivity contribution in [3.63, 3.8) is 0 Å². The van der Waals surface area contributed by atoms with E-state index in [1.165, 1.54) is 9.20 Å². The number of piperidine rings is 1. The third kappa shape index (κ3) is 4.06. The van der Waals surface area contributed by atoms with Crippen LogP contribution in [0, 0.1) is 0 Å². The summed E-state index contributed by atoms with van der Waals surface area (Å²) in [6, 6.07) is 10.8. The molecule has 4 heterocycles. The maximum absolute atomic E-state index is 12.9. The Morgan fingerprint density at radius 3 is 2.91 bits per heavy atom. The van der Waals surface area contributed by atoms with Crippen molar-refractivity contribution >= 4 is 22.3 Å². The Morgan fingerprint density at radius 2 is 2.06 bits per heavy atom. The Balaban J connectivity index is 1.29. The lowest BCUT2D eigenvalue weighted by atomic mass is 9.94. The molecule has 1 saturated heterocycles. The van der Waals surface area contributed by atoms with Gasteiger partial charge in [-0.15, -0.1) is 0 Å². The second-order valence-corrected chi connectivity index (χ2v) is 8.53. The third-order valence-corrected chi connectivity index (χ3v) is 6.40. The van der Waals surface area contributed by atoms with Gasteiger partial charge in [0.05, 0.1) is 18.1 Å². The molecule has 0 saturated carbocycles. The molecule has 1 aliphatic heterocycles. The van der Waals surface area contributed by atoms with E-state index < -0.39 is 0 Å². The summed E-state index contributed by atoms with van der Waals surface area (Å²) in [6.45, 7) is 3.47. The molecule has 0 bridgehead atoms. The number of hydrogen-bond donors (Lipinski definition) is 1. The van der Waals surface area contributed by atoms with Gasteiger partial charge in [0.1, 0.15) is 0 Å². The minimum Gasteiger partial charge on any atom is -0.342 e. The Hall–Kier alpha value is -3.75. The maximum Gasteiger partial charge on any atom is 0.274 e. The number of carbonyl (C=O) groups is 1. The van der Waals surface area contributed by atoms with Crippen LogP contribution in [0.15, 0.2) is 52.2 Å². The highest BCUT2D eigenvalue weighted by molar-refractivity contribution is 5.80. The largest absolute Gasteiger partial charge is 0.342 e. The second kappa shape index (κ2) is 8.65. The fraction of sp³-hybridized carbons (Fsp3) is 0.375. The van der Waals surface area contributed by atoms with E-state index >= 15 is 0 Å². The molecule has 9 nitrogen and oxygen atoms in total. The third-order valence-electron chi connectivity index (χ3n) is 6.40. The molecule has 1 amide bonds. The van der Waals surface area contributed by atoms with E-state index in [2.05, 4.69) is 15.2 Å². The molecule has 0 spiro atoms. The fourth-order valence-electron chi connectivity index (χ4n) is 4.55. The summed E-state index contributed by atoms with van der Waals surface area (Å²) in [4.78, 5) is 44.3. The molecule has 33 heavy (non-hydrogen) atoms. The van der Waals surface area contributed by atoms with Gasteiger partial charge in [-0.25, -0.2) is 14.2 Å². The minimum atomic E-state index is -0.181. The monoisotopic (exact) mass is 446 g/mol. The normalized spacial score (nSPS) is 16.5. The first-order valence-corrected chi connectivity index (χ1v) is 11.4. The number of likely N-dealkylation sites (tertiary alicyclic amines) is 1. The summed E-state index contributed by atoms with van der Waals surface area (Å²) < 4.78 is 2.83. The highest BCUT2D eigenvalue weighted by Crippen LogP contribution is 2.26. The lowest BCUT2D eigenvalue weighted by Crippen LogP contribution is -2.40. The molecular formula is C24H26N6O3. The predicted octanol–water partition coefficient (Wildman–Crippen LogP) is 2.09. The van der Waals surface area contributed by atoms with Crippen molar-refractivity contribution in [2.75, 3.05) is 13.1 Å². The van der Waals surface area contributed by atoms with Gasteiger partial charge >= 0.3 is 0 Å².